The SMILES string of the molecule is CC(=O)N1CCc2cc(C(=O)NNC(=O)c3cccc(N(C)C)c3)ccc21. The summed E-state index contributed by atoms with van der Waals surface area (Å²) in [6, 6.07) is 12.3. The number of nitrogens with zero attached hydrogens (tertiary/aromatic N) is 2. The Hall–Kier alpha value is -3.35. The molecule has 1 heterocycles. The van der Waals surface area contributed by atoms with E-state index in [4.69, 9.17) is 0 Å². The fraction of sp³-hybridized carbons (Fsp3) is 0.250. The number of amides is 3. The summed E-state index contributed by atoms with van der Waals surface area (Å²) in [4.78, 5) is 39.8. The van der Waals surface area contributed by atoms with Crippen molar-refractivity contribution < 1.29 is 14.4 Å². The summed E-state index contributed by atoms with van der Waals surface area (Å²) in [7, 11) is 3.78. The number of fused-ring (bicyclic) bond motifs is 1. The van der Waals surface area contributed by atoms with E-state index in [0.29, 0.717) is 24.1 Å². The third kappa shape index (κ3) is 3.92. The summed E-state index contributed by atoms with van der Waals surface area (Å²) in [6.07, 6.45) is 0.708. The molecule has 7 nitrogen and oxygen atoms in total. The van der Waals surface area contributed by atoms with Gasteiger partial charge in [0, 0.05) is 50.1 Å². The van der Waals surface area contributed by atoms with Crippen LogP contribution in [0.3, 0.4) is 0 Å². The third-order valence-electron chi connectivity index (χ3n) is 4.53. The molecule has 3 amide bonds. The molecule has 0 saturated heterocycles. The van der Waals surface area contributed by atoms with E-state index in [1.807, 2.05) is 25.1 Å². The number of rotatable bonds is 3. The fourth-order valence-corrected chi connectivity index (χ4v) is 3.05. The number of benzene rings is 2. The zero-order chi connectivity index (χ0) is 19.6. The Morgan fingerprint density at radius 3 is 2.26 bits per heavy atom. The van der Waals surface area contributed by atoms with Crippen LogP contribution in [-0.2, 0) is 11.2 Å². The molecule has 7 heteroatoms. The van der Waals surface area contributed by atoms with E-state index in [1.54, 1.807) is 41.3 Å². The average Bonchev–Trinajstić information content (AvgIpc) is 3.09. The molecule has 2 aromatic rings. The summed E-state index contributed by atoms with van der Waals surface area (Å²) in [5.41, 5.74) is 8.43. The molecule has 0 unspecified atom stereocenters. The number of anilines is 2. The number of carbonyl (C=O) groups is 3. The van der Waals surface area contributed by atoms with E-state index in [9.17, 15) is 14.4 Å². The van der Waals surface area contributed by atoms with Crippen LogP contribution in [0, 0.1) is 0 Å². The van der Waals surface area contributed by atoms with Crippen LogP contribution < -0.4 is 20.7 Å². The molecule has 27 heavy (non-hydrogen) atoms. The molecule has 0 radical (unpaired) electrons. The van der Waals surface area contributed by atoms with Crippen molar-refractivity contribution in [3.8, 4) is 0 Å². The monoisotopic (exact) mass is 366 g/mol. The van der Waals surface area contributed by atoms with E-state index in [-0.39, 0.29) is 5.91 Å². The van der Waals surface area contributed by atoms with Gasteiger partial charge in [-0.15, -0.1) is 0 Å². The Kier molecular flexibility index (Phi) is 5.12. The van der Waals surface area contributed by atoms with Gasteiger partial charge in [-0.05, 0) is 48.4 Å². The highest BCUT2D eigenvalue weighted by Crippen LogP contribution is 2.28. The summed E-state index contributed by atoms with van der Waals surface area (Å²) < 4.78 is 0. The zero-order valence-electron chi connectivity index (χ0n) is 15.6. The highest BCUT2D eigenvalue weighted by Gasteiger charge is 2.23. The number of hydrogen-bond donors (Lipinski definition) is 2. The molecule has 1 aliphatic rings. The van der Waals surface area contributed by atoms with E-state index >= 15 is 0 Å². The van der Waals surface area contributed by atoms with Crippen molar-refractivity contribution in [1.82, 2.24) is 10.9 Å². The average molecular weight is 366 g/mol. The van der Waals surface area contributed by atoms with Crippen LogP contribution >= 0.6 is 0 Å². The molecule has 0 atom stereocenters. The lowest BCUT2D eigenvalue weighted by Crippen LogP contribution is -2.41. The lowest BCUT2D eigenvalue weighted by Gasteiger charge is -2.15. The van der Waals surface area contributed by atoms with Gasteiger partial charge in [0.2, 0.25) is 5.91 Å². The van der Waals surface area contributed by atoms with Crippen molar-refractivity contribution >= 4 is 29.1 Å². The van der Waals surface area contributed by atoms with Crippen LogP contribution in [0.4, 0.5) is 11.4 Å². The topological polar surface area (TPSA) is 81.8 Å². The van der Waals surface area contributed by atoms with Crippen LogP contribution in [0.25, 0.3) is 0 Å². The number of hydrogen-bond acceptors (Lipinski definition) is 4. The molecule has 2 N–H and O–H groups in total. The van der Waals surface area contributed by atoms with Gasteiger partial charge in [0.1, 0.15) is 0 Å². The second kappa shape index (κ2) is 7.49. The maximum absolute atomic E-state index is 12.4. The maximum atomic E-state index is 12.4. The van der Waals surface area contributed by atoms with Crippen LogP contribution in [-0.4, -0.2) is 38.4 Å². The standard InChI is InChI=1S/C20H22N4O3/c1-13(25)24-10-9-14-11-16(7-8-18(14)24)20(27)22-21-19(26)15-5-4-6-17(12-15)23(2)3/h4-8,11-12H,9-10H2,1-3H3,(H,21,26)(H,22,27). The van der Waals surface area contributed by atoms with Gasteiger partial charge in [0.25, 0.3) is 11.8 Å². The van der Waals surface area contributed by atoms with Gasteiger partial charge in [-0.1, -0.05) is 6.07 Å². The van der Waals surface area contributed by atoms with Gasteiger partial charge in [0.05, 0.1) is 0 Å². The highest BCUT2D eigenvalue weighted by molar-refractivity contribution is 6.00. The van der Waals surface area contributed by atoms with Crippen LogP contribution in [0.5, 0.6) is 0 Å². The molecule has 140 valence electrons. The molecule has 3 rings (SSSR count). The Morgan fingerprint density at radius 1 is 0.963 bits per heavy atom. The second-order valence-electron chi connectivity index (χ2n) is 6.62. The van der Waals surface area contributed by atoms with Gasteiger partial charge in [-0.2, -0.15) is 0 Å². The van der Waals surface area contributed by atoms with Crippen molar-refractivity contribution in [3.05, 3.63) is 59.2 Å². The molecule has 2 aromatic carbocycles. The molecule has 0 aliphatic carbocycles. The molecular weight excluding hydrogens is 344 g/mol. The van der Waals surface area contributed by atoms with E-state index in [1.165, 1.54) is 6.92 Å². The first-order valence-electron chi connectivity index (χ1n) is 8.66. The lowest BCUT2D eigenvalue weighted by atomic mass is 10.1. The molecule has 0 bridgehead atoms. The van der Waals surface area contributed by atoms with Crippen molar-refractivity contribution in [2.75, 3.05) is 30.4 Å². The van der Waals surface area contributed by atoms with Crippen molar-refractivity contribution in [1.29, 1.82) is 0 Å². The first-order valence-corrected chi connectivity index (χ1v) is 8.66. The fourth-order valence-electron chi connectivity index (χ4n) is 3.05. The Bertz CT molecular complexity index is 908. The quantitative estimate of drug-likeness (QED) is 0.811. The van der Waals surface area contributed by atoms with E-state index in [0.717, 1.165) is 16.9 Å². The first kappa shape index (κ1) is 18.4. The van der Waals surface area contributed by atoms with Gasteiger partial charge >= 0.3 is 0 Å². The van der Waals surface area contributed by atoms with E-state index in [2.05, 4.69) is 10.9 Å². The molecule has 0 saturated carbocycles. The minimum absolute atomic E-state index is 0.0156. The smallest absolute Gasteiger partial charge is 0.269 e. The van der Waals surface area contributed by atoms with Crippen LogP contribution in [0.2, 0.25) is 0 Å². The molecule has 0 aromatic heterocycles. The largest absolute Gasteiger partial charge is 0.378 e. The van der Waals surface area contributed by atoms with Gasteiger partial charge < -0.3 is 9.80 Å². The summed E-state index contributed by atoms with van der Waals surface area (Å²) in [5.74, 6) is -0.815. The Morgan fingerprint density at radius 2 is 1.63 bits per heavy atom. The number of carbonyl (C=O) groups excluding carboxylic acids is 3. The summed E-state index contributed by atoms with van der Waals surface area (Å²) in [6.45, 7) is 2.14. The Labute approximate surface area is 157 Å². The maximum Gasteiger partial charge on any atom is 0.269 e. The molecular formula is C20H22N4O3. The summed E-state index contributed by atoms with van der Waals surface area (Å²) in [5, 5.41) is 0. The molecule has 0 fully saturated rings. The zero-order valence-corrected chi connectivity index (χ0v) is 15.6. The Balaban J connectivity index is 1.65. The van der Waals surface area contributed by atoms with Crippen molar-refractivity contribution in [2.24, 2.45) is 0 Å². The summed E-state index contributed by atoms with van der Waals surface area (Å²) >= 11 is 0. The van der Waals surface area contributed by atoms with Crippen molar-refractivity contribution in [2.45, 2.75) is 13.3 Å². The minimum atomic E-state index is -0.406. The second-order valence-corrected chi connectivity index (χ2v) is 6.62. The van der Waals surface area contributed by atoms with Gasteiger partial charge in [-0.3, -0.25) is 25.2 Å². The normalized spacial score (nSPS) is 12.3. The highest BCUT2D eigenvalue weighted by atomic mass is 16.2. The predicted molar refractivity (Wildman–Crippen MR) is 104 cm³/mol. The minimum Gasteiger partial charge on any atom is -0.378 e. The van der Waals surface area contributed by atoms with Gasteiger partial charge in [0.15, 0.2) is 0 Å². The molecule has 0 spiro atoms. The van der Waals surface area contributed by atoms with E-state index < -0.39 is 11.8 Å². The van der Waals surface area contributed by atoms with Crippen LogP contribution in [0.1, 0.15) is 33.2 Å². The van der Waals surface area contributed by atoms with Crippen LogP contribution in [0.15, 0.2) is 42.5 Å². The third-order valence-corrected chi connectivity index (χ3v) is 4.53. The number of hydrazine groups is 1. The predicted octanol–water partition coefficient (Wildman–Crippen LogP) is 1.74. The first-order chi connectivity index (χ1) is 12.9. The van der Waals surface area contributed by atoms with Crippen molar-refractivity contribution in [3.63, 3.8) is 0 Å². The lowest BCUT2D eigenvalue weighted by molar-refractivity contribution is -0.116. The van der Waals surface area contributed by atoms with Gasteiger partial charge in [-0.25, -0.2) is 0 Å². The molecule has 1 aliphatic heterocycles. The number of nitrogens with one attached hydrogen (secondary N) is 2.